The Morgan fingerprint density at radius 2 is 1.62 bits per heavy atom. The Morgan fingerprint density at radius 1 is 1.00 bits per heavy atom. The van der Waals surface area contributed by atoms with Gasteiger partial charge in [0.25, 0.3) is 11.7 Å². The molecular weight excluding hydrogens is 452 g/mol. The van der Waals surface area contributed by atoms with E-state index in [1.807, 2.05) is 24.3 Å². The number of hydrogen-bond acceptors (Lipinski definition) is 5. The topological polar surface area (TPSA) is 70.1 Å². The standard InChI is InChI=1S/C27H31ClN2O4/c1-27(2,3)20-8-4-18(5-9-20)23-22(24(31)19-6-10-21(28)11-7-19)25(32)26(33)30(23)13-12-29-14-16-34-17-15-29/h4-11,23,31H,12-17H2,1-3H3/t23-/m0/s1. The van der Waals surface area contributed by atoms with Crippen LogP contribution in [0.15, 0.2) is 54.1 Å². The molecule has 1 atom stereocenters. The molecule has 2 saturated heterocycles. The molecule has 4 rings (SSSR count). The van der Waals surface area contributed by atoms with Crippen molar-refractivity contribution in [3.8, 4) is 0 Å². The van der Waals surface area contributed by atoms with Crippen LogP contribution in [-0.4, -0.2) is 66.0 Å². The van der Waals surface area contributed by atoms with Gasteiger partial charge in [-0.05, 0) is 40.8 Å². The second-order valence-corrected chi connectivity index (χ2v) is 10.3. The number of ketones is 1. The SMILES string of the molecule is CC(C)(C)c1ccc([C@H]2C(=C(O)c3ccc(Cl)cc3)C(=O)C(=O)N2CCN2CCOCC2)cc1. The van der Waals surface area contributed by atoms with Crippen LogP contribution in [-0.2, 0) is 19.7 Å². The maximum absolute atomic E-state index is 13.2. The summed E-state index contributed by atoms with van der Waals surface area (Å²) in [5.41, 5.74) is 2.48. The average molecular weight is 483 g/mol. The predicted octanol–water partition coefficient (Wildman–Crippen LogP) is 4.39. The molecule has 6 nitrogen and oxygen atoms in total. The predicted molar refractivity (Wildman–Crippen MR) is 133 cm³/mol. The smallest absolute Gasteiger partial charge is 0.295 e. The largest absolute Gasteiger partial charge is 0.507 e. The van der Waals surface area contributed by atoms with Gasteiger partial charge >= 0.3 is 0 Å². The number of Topliss-reactive ketones (excluding diaryl/α,β-unsaturated/α-hetero) is 1. The van der Waals surface area contributed by atoms with Crippen LogP contribution in [0.2, 0.25) is 5.02 Å². The first-order valence-corrected chi connectivity index (χ1v) is 12.0. The Bertz CT molecular complexity index is 1080. The quantitative estimate of drug-likeness (QED) is 0.389. The number of ether oxygens (including phenoxy) is 1. The van der Waals surface area contributed by atoms with Gasteiger partial charge in [-0.2, -0.15) is 0 Å². The number of carbonyl (C=O) groups excluding carboxylic acids is 2. The zero-order valence-corrected chi connectivity index (χ0v) is 20.6. The highest BCUT2D eigenvalue weighted by Crippen LogP contribution is 2.40. The van der Waals surface area contributed by atoms with Crippen LogP contribution in [0.5, 0.6) is 0 Å². The first kappa shape index (κ1) is 24.5. The lowest BCUT2D eigenvalue weighted by molar-refractivity contribution is -0.140. The van der Waals surface area contributed by atoms with Crippen LogP contribution in [0.3, 0.4) is 0 Å². The summed E-state index contributed by atoms with van der Waals surface area (Å²) in [6, 6.07) is 13.9. The van der Waals surface area contributed by atoms with E-state index in [9.17, 15) is 14.7 Å². The Hall–Kier alpha value is -2.67. The molecule has 0 spiro atoms. The van der Waals surface area contributed by atoms with E-state index >= 15 is 0 Å². The van der Waals surface area contributed by atoms with Crippen molar-refractivity contribution in [2.75, 3.05) is 39.4 Å². The minimum atomic E-state index is -0.667. The fourth-order valence-corrected chi connectivity index (χ4v) is 4.59. The van der Waals surface area contributed by atoms with Crippen LogP contribution in [0, 0.1) is 0 Å². The summed E-state index contributed by atoms with van der Waals surface area (Å²) in [5, 5.41) is 11.7. The number of amides is 1. The summed E-state index contributed by atoms with van der Waals surface area (Å²) < 4.78 is 5.42. The summed E-state index contributed by atoms with van der Waals surface area (Å²) in [6.07, 6.45) is 0. The molecule has 1 amide bonds. The molecule has 2 heterocycles. The van der Waals surface area contributed by atoms with E-state index in [1.54, 1.807) is 29.2 Å². The van der Waals surface area contributed by atoms with Gasteiger partial charge in [-0.3, -0.25) is 14.5 Å². The van der Waals surface area contributed by atoms with Crippen molar-refractivity contribution in [2.24, 2.45) is 0 Å². The molecule has 0 aliphatic carbocycles. The number of aliphatic hydroxyl groups excluding tert-OH is 1. The van der Waals surface area contributed by atoms with Gasteiger partial charge in [0.1, 0.15) is 5.76 Å². The van der Waals surface area contributed by atoms with Crippen molar-refractivity contribution in [3.05, 3.63) is 75.8 Å². The van der Waals surface area contributed by atoms with Gasteiger partial charge in [-0.15, -0.1) is 0 Å². The van der Waals surface area contributed by atoms with Gasteiger partial charge in [0.2, 0.25) is 0 Å². The van der Waals surface area contributed by atoms with Crippen LogP contribution < -0.4 is 0 Å². The first-order chi connectivity index (χ1) is 16.2. The molecule has 2 aromatic rings. The third kappa shape index (κ3) is 5.04. The molecule has 34 heavy (non-hydrogen) atoms. The molecule has 2 aliphatic heterocycles. The highest BCUT2D eigenvalue weighted by atomic mass is 35.5. The van der Waals surface area contributed by atoms with Crippen molar-refractivity contribution < 1.29 is 19.4 Å². The third-order valence-corrected chi connectivity index (χ3v) is 6.76. The number of rotatable bonds is 5. The number of aliphatic hydroxyl groups is 1. The number of benzene rings is 2. The highest BCUT2D eigenvalue weighted by molar-refractivity contribution is 6.46. The van der Waals surface area contributed by atoms with Gasteiger partial charge in [0, 0.05) is 36.8 Å². The summed E-state index contributed by atoms with van der Waals surface area (Å²) in [7, 11) is 0. The maximum Gasteiger partial charge on any atom is 0.295 e. The molecule has 0 radical (unpaired) electrons. The number of halogens is 1. The fourth-order valence-electron chi connectivity index (χ4n) is 4.46. The molecule has 0 saturated carbocycles. The van der Waals surface area contributed by atoms with E-state index in [0.717, 1.165) is 24.2 Å². The molecule has 180 valence electrons. The molecule has 0 aromatic heterocycles. The maximum atomic E-state index is 13.2. The zero-order chi connectivity index (χ0) is 24.5. The van der Waals surface area contributed by atoms with E-state index in [4.69, 9.17) is 16.3 Å². The third-order valence-electron chi connectivity index (χ3n) is 6.51. The van der Waals surface area contributed by atoms with Crippen molar-refractivity contribution in [1.29, 1.82) is 0 Å². The van der Waals surface area contributed by atoms with Gasteiger partial charge in [-0.1, -0.05) is 56.6 Å². The van der Waals surface area contributed by atoms with Gasteiger partial charge < -0.3 is 14.7 Å². The summed E-state index contributed by atoms with van der Waals surface area (Å²) in [6.45, 7) is 10.3. The minimum absolute atomic E-state index is 0.0278. The van der Waals surface area contributed by atoms with E-state index in [0.29, 0.717) is 36.9 Å². The van der Waals surface area contributed by atoms with Crippen LogP contribution in [0.25, 0.3) is 5.76 Å². The van der Waals surface area contributed by atoms with Crippen LogP contribution in [0.4, 0.5) is 0 Å². The average Bonchev–Trinajstić information content (AvgIpc) is 3.08. The van der Waals surface area contributed by atoms with Crippen molar-refractivity contribution in [1.82, 2.24) is 9.80 Å². The molecule has 7 heteroatoms. The molecule has 2 fully saturated rings. The van der Waals surface area contributed by atoms with Gasteiger partial charge in [0.15, 0.2) is 0 Å². The highest BCUT2D eigenvalue weighted by Gasteiger charge is 2.46. The molecule has 0 bridgehead atoms. The van der Waals surface area contributed by atoms with E-state index in [-0.39, 0.29) is 16.7 Å². The van der Waals surface area contributed by atoms with E-state index in [2.05, 4.69) is 25.7 Å². The number of nitrogens with zero attached hydrogens (tertiary/aromatic N) is 2. The zero-order valence-electron chi connectivity index (χ0n) is 19.9. The summed E-state index contributed by atoms with van der Waals surface area (Å²) >= 11 is 6.00. The van der Waals surface area contributed by atoms with Crippen molar-refractivity contribution in [3.63, 3.8) is 0 Å². The summed E-state index contributed by atoms with van der Waals surface area (Å²) in [4.78, 5) is 30.2. The molecular formula is C27H31ClN2O4. The molecule has 1 N–H and O–H groups in total. The fraction of sp³-hybridized carbons (Fsp3) is 0.407. The van der Waals surface area contributed by atoms with E-state index in [1.165, 1.54) is 0 Å². The van der Waals surface area contributed by atoms with Crippen molar-refractivity contribution in [2.45, 2.75) is 32.2 Å². The lowest BCUT2D eigenvalue weighted by atomic mass is 9.85. The Labute approximate surface area is 205 Å². The number of hydrogen-bond donors (Lipinski definition) is 1. The lowest BCUT2D eigenvalue weighted by Gasteiger charge is -2.31. The lowest BCUT2D eigenvalue weighted by Crippen LogP contribution is -2.42. The van der Waals surface area contributed by atoms with Crippen LogP contribution >= 0.6 is 11.6 Å². The Kier molecular flexibility index (Phi) is 7.12. The second-order valence-electron chi connectivity index (χ2n) is 9.83. The second kappa shape index (κ2) is 9.90. The Balaban J connectivity index is 1.74. The normalized spacial score (nSPS) is 21.3. The van der Waals surface area contributed by atoms with E-state index < -0.39 is 17.7 Å². The Morgan fingerprint density at radius 3 is 2.21 bits per heavy atom. The van der Waals surface area contributed by atoms with Crippen molar-refractivity contribution >= 4 is 29.1 Å². The number of likely N-dealkylation sites (tertiary alicyclic amines) is 1. The minimum Gasteiger partial charge on any atom is -0.507 e. The number of carbonyl (C=O) groups is 2. The molecule has 2 aliphatic rings. The van der Waals surface area contributed by atoms with Crippen LogP contribution in [0.1, 0.15) is 43.5 Å². The monoisotopic (exact) mass is 482 g/mol. The first-order valence-electron chi connectivity index (χ1n) is 11.6. The summed E-state index contributed by atoms with van der Waals surface area (Å²) in [5.74, 6) is -1.44. The van der Waals surface area contributed by atoms with Gasteiger partial charge in [0.05, 0.1) is 24.8 Å². The molecule has 2 aromatic carbocycles. The van der Waals surface area contributed by atoms with Gasteiger partial charge in [-0.25, -0.2) is 0 Å². The molecule has 0 unspecified atom stereocenters. The number of morpholine rings is 1.